The lowest BCUT2D eigenvalue weighted by atomic mass is 10.1. The van der Waals surface area contributed by atoms with Gasteiger partial charge in [-0.2, -0.15) is 0 Å². The van der Waals surface area contributed by atoms with Crippen LogP contribution in [0.25, 0.3) is 0 Å². The first-order valence-electron chi connectivity index (χ1n) is 7.50. The van der Waals surface area contributed by atoms with Gasteiger partial charge < -0.3 is 4.79 Å². The summed E-state index contributed by atoms with van der Waals surface area (Å²) in [7, 11) is 0. The molecule has 0 spiro atoms. The fraction of sp³-hybridized carbons (Fsp3) is 0.812. The number of hydrogen-bond acceptors (Lipinski definition) is 1. The van der Waals surface area contributed by atoms with Gasteiger partial charge in [0.25, 0.3) is 0 Å². The van der Waals surface area contributed by atoms with Gasteiger partial charge in [-0.25, -0.2) is 0 Å². The van der Waals surface area contributed by atoms with Gasteiger partial charge in [0.15, 0.2) is 0 Å². The van der Waals surface area contributed by atoms with Crippen LogP contribution in [0, 0.1) is 0 Å². The second-order valence-electron chi connectivity index (χ2n) is 4.83. The molecule has 17 heavy (non-hydrogen) atoms. The third kappa shape index (κ3) is 15.4. The van der Waals surface area contributed by atoms with E-state index in [1.165, 1.54) is 57.8 Å². The number of allylic oxidation sites excluding steroid dienone is 2. The minimum atomic E-state index is 0.710. The summed E-state index contributed by atoms with van der Waals surface area (Å²) in [5.74, 6) is 0. The lowest BCUT2D eigenvalue weighted by molar-refractivity contribution is -0.107. The molecule has 0 aromatic heterocycles. The van der Waals surface area contributed by atoms with Crippen LogP contribution in [-0.4, -0.2) is 6.29 Å². The van der Waals surface area contributed by atoms with Gasteiger partial charge in [0, 0.05) is 6.42 Å². The Balaban J connectivity index is 3.00. The summed E-state index contributed by atoms with van der Waals surface area (Å²) in [6, 6.07) is 0. The molecule has 0 saturated heterocycles. The maximum atomic E-state index is 10.1. The van der Waals surface area contributed by atoms with Crippen molar-refractivity contribution in [3.8, 4) is 0 Å². The Morgan fingerprint density at radius 2 is 1.18 bits per heavy atom. The van der Waals surface area contributed by atoms with E-state index in [1.54, 1.807) is 0 Å². The summed E-state index contributed by atoms with van der Waals surface area (Å²) in [5, 5.41) is 0. The number of aldehydes is 1. The monoisotopic (exact) mass is 238 g/mol. The zero-order chi connectivity index (χ0) is 12.6. The van der Waals surface area contributed by atoms with Crippen molar-refractivity contribution in [1.82, 2.24) is 0 Å². The van der Waals surface area contributed by atoms with Gasteiger partial charge in [-0.15, -0.1) is 0 Å². The molecule has 0 aliphatic carbocycles. The van der Waals surface area contributed by atoms with E-state index in [9.17, 15) is 4.79 Å². The van der Waals surface area contributed by atoms with Crippen molar-refractivity contribution in [2.24, 2.45) is 0 Å². The van der Waals surface area contributed by atoms with Crippen LogP contribution in [0.15, 0.2) is 12.2 Å². The Morgan fingerprint density at radius 3 is 1.76 bits per heavy atom. The average molecular weight is 238 g/mol. The van der Waals surface area contributed by atoms with E-state index in [2.05, 4.69) is 19.1 Å². The minimum absolute atomic E-state index is 0.710. The molecule has 0 N–H and O–H groups in total. The standard InChI is InChI=1S/C16H30O/c1-2-3-4-5-6-7-8-9-10-11-12-13-14-15-16-17/h11-12,16H,2-10,13-15H2,1H3/b12-11+. The molecule has 1 nitrogen and oxygen atoms in total. The van der Waals surface area contributed by atoms with Crippen molar-refractivity contribution in [3.05, 3.63) is 12.2 Å². The van der Waals surface area contributed by atoms with E-state index in [4.69, 9.17) is 0 Å². The molecule has 0 aromatic rings. The van der Waals surface area contributed by atoms with E-state index in [-0.39, 0.29) is 0 Å². The van der Waals surface area contributed by atoms with Crippen molar-refractivity contribution in [3.63, 3.8) is 0 Å². The highest BCUT2D eigenvalue weighted by atomic mass is 16.1. The Labute approximate surface area is 108 Å². The molecule has 0 amide bonds. The van der Waals surface area contributed by atoms with Crippen LogP contribution < -0.4 is 0 Å². The molecule has 0 heterocycles. The molecule has 0 fully saturated rings. The second-order valence-corrected chi connectivity index (χ2v) is 4.83. The van der Waals surface area contributed by atoms with Crippen molar-refractivity contribution in [2.45, 2.75) is 84.0 Å². The van der Waals surface area contributed by atoms with Gasteiger partial charge >= 0.3 is 0 Å². The Hall–Kier alpha value is -0.590. The fourth-order valence-corrected chi connectivity index (χ4v) is 1.95. The van der Waals surface area contributed by atoms with Gasteiger partial charge in [-0.3, -0.25) is 0 Å². The fourth-order valence-electron chi connectivity index (χ4n) is 1.95. The second kappa shape index (κ2) is 15.4. The molecule has 0 rings (SSSR count). The topological polar surface area (TPSA) is 17.1 Å². The molecule has 0 atom stereocenters. The molecule has 0 aromatic carbocycles. The summed E-state index contributed by atoms with van der Waals surface area (Å²) in [6.45, 7) is 2.27. The third-order valence-corrected chi connectivity index (χ3v) is 3.08. The molecule has 0 aliphatic heterocycles. The highest BCUT2D eigenvalue weighted by Crippen LogP contribution is 2.09. The van der Waals surface area contributed by atoms with Crippen molar-refractivity contribution in [1.29, 1.82) is 0 Å². The van der Waals surface area contributed by atoms with E-state index >= 15 is 0 Å². The summed E-state index contributed by atoms with van der Waals surface area (Å²) < 4.78 is 0. The van der Waals surface area contributed by atoms with Gasteiger partial charge in [0.2, 0.25) is 0 Å². The number of rotatable bonds is 13. The van der Waals surface area contributed by atoms with Crippen LogP contribution in [0.3, 0.4) is 0 Å². The van der Waals surface area contributed by atoms with Crippen LogP contribution in [-0.2, 0) is 4.79 Å². The van der Waals surface area contributed by atoms with Gasteiger partial charge in [0.05, 0.1) is 0 Å². The average Bonchev–Trinajstić information content (AvgIpc) is 2.35. The number of hydrogen-bond donors (Lipinski definition) is 0. The first-order chi connectivity index (χ1) is 8.41. The molecule has 0 unspecified atom stereocenters. The van der Waals surface area contributed by atoms with E-state index in [0.29, 0.717) is 6.42 Å². The van der Waals surface area contributed by atoms with Crippen LogP contribution in [0.2, 0.25) is 0 Å². The van der Waals surface area contributed by atoms with Crippen LogP contribution in [0.5, 0.6) is 0 Å². The van der Waals surface area contributed by atoms with Crippen molar-refractivity contribution < 1.29 is 4.79 Å². The largest absolute Gasteiger partial charge is 0.303 e. The summed E-state index contributed by atoms with van der Waals surface area (Å²) in [4.78, 5) is 10.1. The molecule has 0 aliphatic rings. The normalized spacial score (nSPS) is 11.1. The van der Waals surface area contributed by atoms with Gasteiger partial charge in [-0.05, 0) is 25.7 Å². The lowest BCUT2D eigenvalue weighted by Crippen LogP contribution is -1.80. The highest BCUT2D eigenvalue weighted by Gasteiger charge is 1.90. The first kappa shape index (κ1) is 16.4. The van der Waals surface area contributed by atoms with E-state index in [0.717, 1.165) is 19.1 Å². The van der Waals surface area contributed by atoms with E-state index in [1.807, 2.05) is 0 Å². The number of carbonyl (C=O) groups is 1. The van der Waals surface area contributed by atoms with Crippen molar-refractivity contribution >= 4 is 6.29 Å². The summed E-state index contributed by atoms with van der Waals surface area (Å²) in [6.07, 6.45) is 20.7. The Morgan fingerprint density at radius 1 is 0.647 bits per heavy atom. The van der Waals surface area contributed by atoms with Crippen LogP contribution in [0.4, 0.5) is 0 Å². The summed E-state index contributed by atoms with van der Waals surface area (Å²) in [5.41, 5.74) is 0. The Bertz CT molecular complexity index is 172. The predicted molar refractivity (Wildman–Crippen MR) is 76.3 cm³/mol. The quantitative estimate of drug-likeness (QED) is 0.237. The molecule has 1 heteroatoms. The predicted octanol–water partition coefficient (Wildman–Crippen LogP) is 5.44. The highest BCUT2D eigenvalue weighted by molar-refractivity contribution is 5.48. The molecular formula is C16H30O. The van der Waals surface area contributed by atoms with Crippen LogP contribution >= 0.6 is 0 Å². The van der Waals surface area contributed by atoms with Crippen LogP contribution in [0.1, 0.15) is 84.0 Å². The number of carbonyl (C=O) groups excluding carboxylic acids is 1. The molecule has 0 radical (unpaired) electrons. The Kier molecular flexibility index (Phi) is 14.9. The summed E-state index contributed by atoms with van der Waals surface area (Å²) >= 11 is 0. The zero-order valence-electron chi connectivity index (χ0n) is 11.6. The van der Waals surface area contributed by atoms with Crippen molar-refractivity contribution in [2.75, 3.05) is 0 Å². The molecule has 100 valence electrons. The smallest absolute Gasteiger partial charge is 0.120 e. The first-order valence-corrected chi connectivity index (χ1v) is 7.50. The third-order valence-electron chi connectivity index (χ3n) is 3.08. The molecular weight excluding hydrogens is 208 g/mol. The SMILES string of the molecule is CCCCCCCCCC/C=C/CCCC=O. The van der Waals surface area contributed by atoms with Gasteiger partial charge in [0.1, 0.15) is 6.29 Å². The lowest BCUT2D eigenvalue weighted by Gasteiger charge is -1.99. The van der Waals surface area contributed by atoms with E-state index < -0.39 is 0 Å². The number of unbranched alkanes of at least 4 members (excludes halogenated alkanes) is 10. The molecule has 0 saturated carbocycles. The van der Waals surface area contributed by atoms with Gasteiger partial charge in [-0.1, -0.05) is 64.0 Å². The maximum Gasteiger partial charge on any atom is 0.120 e. The molecule has 0 bridgehead atoms. The minimum Gasteiger partial charge on any atom is -0.303 e. The zero-order valence-corrected chi connectivity index (χ0v) is 11.6. The maximum absolute atomic E-state index is 10.1.